The lowest BCUT2D eigenvalue weighted by atomic mass is 9.74. The zero-order chi connectivity index (χ0) is 13.0. The van der Waals surface area contributed by atoms with Crippen LogP contribution >= 0.6 is 0 Å². The van der Waals surface area contributed by atoms with Gasteiger partial charge in [0.15, 0.2) is 6.23 Å². The number of carbonyl (C=O) groups excluding carboxylic acids is 1. The van der Waals surface area contributed by atoms with Crippen molar-refractivity contribution in [2.45, 2.75) is 38.3 Å². The van der Waals surface area contributed by atoms with E-state index in [-0.39, 0.29) is 6.23 Å². The number of fused-ring (bicyclic) bond motifs is 1. The second-order valence-electron chi connectivity index (χ2n) is 4.98. The second-order valence-corrected chi connectivity index (χ2v) is 4.98. The molecule has 0 bridgehead atoms. The Hall–Kier alpha value is -1.36. The molecule has 2 aliphatic rings. The molecule has 1 saturated carbocycles. The normalized spacial score (nSPS) is 31.9. The molecule has 0 aromatic rings. The SMILES string of the molecule is O=C(O)/C=C\C(=O)OC1NCCC2CCCCC21. The summed E-state index contributed by atoms with van der Waals surface area (Å²) >= 11 is 0. The van der Waals surface area contributed by atoms with Gasteiger partial charge in [0.25, 0.3) is 0 Å². The van der Waals surface area contributed by atoms with Gasteiger partial charge in [0, 0.05) is 18.1 Å². The summed E-state index contributed by atoms with van der Waals surface area (Å²) in [6.07, 6.45) is 7.41. The van der Waals surface area contributed by atoms with Crippen LogP contribution in [0.2, 0.25) is 0 Å². The van der Waals surface area contributed by atoms with Crippen LogP contribution in [0.5, 0.6) is 0 Å². The largest absolute Gasteiger partial charge is 0.478 e. The molecule has 0 aromatic carbocycles. The molecular formula is C13H19NO4. The first-order valence-corrected chi connectivity index (χ1v) is 6.52. The van der Waals surface area contributed by atoms with Gasteiger partial charge in [-0.1, -0.05) is 12.8 Å². The third kappa shape index (κ3) is 3.32. The quantitative estimate of drug-likeness (QED) is 0.585. The lowest BCUT2D eigenvalue weighted by Crippen LogP contribution is -2.49. The third-order valence-corrected chi connectivity index (χ3v) is 3.82. The van der Waals surface area contributed by atoms with E-state index in [2.05, 4.69) is 5.32 Å². The van der Waals surface area contributed by atoms with Crippen LogP contribution in [0.1, 0.15) is 32.1 Å². The summed E-state index contributed by atoms with van der Waals surface area (Å²) in [5.41, 5.74) is 0. The Morgan fingerprint density at radius 3 is 2.72 bits per heavy atom. The Kier molecular flexibility index (Phi) is 4.36. The van der Waals surface area contributed by atoms with Gasteiger partial charge in [-0.15, -0.1) is 0 Å². The van der Waals surface area contributed by atoms with Gasteiger partial charge in [0.1, 0.15) is 0 Å². The lowest BCUT2D eigenvalue weighted by molar-refractivity contribution is -0.152. The van der Waals surface area contributed by atoms with Crippen molar-refractivity contribution in [3.63, 3.8) is 0 Å². The summed E-state index contributed by atoms with van der Waals surface area (Å²) in [5, 5.41) is 11.7. The zero-order valence-electron chi connectivity index (χ0n) is 10.3. The highest BCUT2D eigenvalue weighted by molar-refractivity contribution is 5.90. The number of esters is 1. The minimum atomic E-state index is -1.14. The van der Waals surface area contributed by atoms with Gasteiger partial charge in [-0.05, 0) is 31.7 Å². The van der Waals surface area contributed by atoms with Crippen molar-refractivity contribution in [1.82, 2.24) is 5.32 Å². The fraction of sp³-hybridized carbons (Fsp3) is 0.692. The molecule has 100 valence electrons. The van der Waals surface area contributed by atoms with E-state index in [4.69, 9.17) is 9.84 Å². The van der Waals surface area contributed by atoms with Gasteiger partial charge in [0.05, 0.1) is 0 Å². The summed E-state index contributed by atoms with van der Waals surface area (Å²) in [6.45, 7) is 0.863. The van der Waals surface area contributed by atoms with E-state index in [9.17, 15) is 9.59 Å². The molecule has 0 spiro atoms. The Morgan fingerprint density at radius 1 is 1.17 bits per heavy atom. The van der Waals surface area contributed by atoms with E-state index in [1.807, 2.05) is 0 Å². The third-order valence-electron chi connectivity index (χ3n) is 3.82. The molecule has 5 nitrogen and oxygen atoms in total. The minimum Gasteiger partial charge on any atom is -0.478 e. The van der Waals surface area contributed by atoms with Crippen molar-refractivity contribution in [2.24, 2.45) is 11.8 Å². The topological polar surface area (TPSA) is 75.6 Å². The fourth-order valence-electron chi connectivity index (χ4n) is 2.99. The van der Waals surface area contributed by atoms with Gasteiger partial charge >= 0.3 is 11.9 Å². The number of carboxylic acids is 1. The average molecular weight is 253 g/mol. The standard InChI is InChI=1S/C13H19NO4/c15-11(16)5-6-12(17)18-13-10-4-2-1-3-9(10)7-8-14-13/h5-6,9-10,13-14H,1-4,7-8H2,(H,15,16)/b6-5-. The molecule has 2 rings (SSSR count). The number of hydrogen-bond donors (Lipinski definition) is 2. The molecule has 1 aliphatic carbocycles. The van der Waals surface area contributed by atoms with Gasteiger partial charge in [0.2, 0.25) is 0 Å². The van der Waals surface area contributed by atoms with Gasteiger partial charge in [-0.2, -0.15) is 0 Å². The second kappa shape index (κ2) is 6.00. The molecule has 1 aliphatic heterocycles. The van der Waals surface area contributed by atoms with Gasteiger partial charge in [-0.25, -0.2) is 9.59 Å². The van der Waals surface area contributed by atoms with E-state index in [0.717, 1.165) is 31.5 Å². The predicted octanol–water partition coefficient (Wildman–Crippen LogP) is 1.30. The highest BCUT2D eigenvalue weighted by Crippen LogP contribution is 2.37. The maximum atomic E-state index is 11.5. The maximum Gasteiger partial charge on any atom is 0.332 e. The van der Waals surface area contributed by atoms with Crippen molar-refractivity contribution in [3.8, 4) is 0 Å². The van der Waals surface area contributed by atoms with Crippen LogP contribution in [0.3, 0.4) is 0 Å². The molecule has 2 N–H and O–H groups in total. The Balaban J connectivity index is 1.91. The molecule has 2 fully saturated rings. The van der Waals surface area contributed by atoms with Gasteiger partial charge in [-0.3, -0.25) is 5.32 Å². The van der Waals surface area contributed by atoms with Crippen LogP contribution in [-0.4, -0.2) is 29.8 Å². The molecule has 18 heavy (non-hydrogen) atoms. The molecule has 1 heterocycles. The van der Waals surface area contributed by atoms with Crippen LogP contribution in [0.15, 0.2) is 12.2 Å². The van der Waals surface area contributed by atoms with E-state index >= 15 is 0 Å². The number of rotatable bonds is 3. The van der Waals surface area contributed by atoms with E-state index in [1.165, 1.54) is 19.3 Å². The van der Waals surface area contributed by atoms with E-state index in [0.29, 0.717) is 11.8 Å². The molecule has 0 amide bonds. The molecular weight excluding hydrogens is 234 g/mol. The highest BCUT2D eigenvalue weighted by Gasteiger charge is 2.36. The van der Waals surface area contributed by atoms with Gasteiger partial charge < -0.3 is 9.84 Å². The molecule has 3 atom stereocenters. The number of aliphatic carboxylic acids is 1. The molecule has 3 unspecified atom stereocenters. The summed E-state index contributed by atoms with van der Waals surface area (Å²) in [4.78, 5) is 21.8. The highest BCUT2D eigenvalue weighted by atomic mass is 16.6. The zero-order valence-corrected chi connectivity index (χ0v) is 10.3. The van der Waals surface area contributed by atoms with Crippen LogP contribution in [-0.2, 0) is 14.3 Å². The van der Waals surface area contributed by atoms with Crippen molar-refractivity contribution in [3.05, 3.63) is 12.2 Å². The number of hydrogen-bond acceptors (Lipinski definition) is 4. The summed E-state index contributed by atoms with van der Waals surface area (Å²) < 4.78 is 5.31. The molecule has 0 aromatic heterocycles. The predicted molar refractivity (Wildman–Crippen MR) is 64.7 cm³/mol. The van der Waals surface area contributed by atoms with Crippen molar-refractivity contribution in [1.29, 1.82) is 0 Å². The van der Waals surface area contributed by atoms with Crippen LogP contribution in [0.4, 0.5) is 0 Å². The Labute approximate surface area is 106 Å². The number of ether oxygens (including phenoxy) is 1. The first kappa shape index (κ1) is 13.1. The number of piperidine rings is 1. The Morgan fingerprint density at radius 2 is 1.94 bits per heavy atom. The monoisotopic (exact) mass is 253 g/mol. The molecule has 5 heteroatoms. The first-order chi connectivity index (χ1) is 8.66. The number of nitrogens with one attached hydrogen (secondary N) is 1. The summed E-state index contributed by atoms with van der Waals surface area (Å²) in [6, 6.07) is 0. The average Bonchev–Trinajstić information content (AvgIpc) is 2.37. The van der Waals surface area contributed by atoms with Crippen LogP contribution < -0.4 is 5.32 Å². The lowest BCUT2D eigenvalue weighted by Gasteiger charge is -2.40. The van der Waals surface area contributed by atoms with Crippen LogP contribution in [0, 0.1) is 11.8 Å². The molecule has 0 radical (unpaired) electrons. The molecule has 1 saturated heterocycles. The number of carbonyl (C=O) groups is 2. The summed E-state index contributed by atoms with van der Waals surface area (Å²) in [5.74, 6) is -0.698. The van der Waals surface area contributed by atoms with Crippen molar-refractivity contribution >= 4 is 11.9 Å². The smallest absolute Gasteiger partial charge is 0.332 e. The maximum absolute atomic E-state index is 11.5. The summed E-state index contributed by atoms with van der Waals surface area (Å²) in [7, 11) is 0. The van der Waals surface area contributed by atoms with Crippen molar-refractivity contribution < 1.29 is 19.4 Å². The fourth-order valence-corrected chi connectivity index (χ4v) is 2.99. The first-order valence-electron chi connectivity index (χ1n) is 6.52. The van der Waals surface area contributed by atoms with Crippen molar-refractivity contribution in [2.75, 3.05) is 6.54 Å². The number of carboxylic acid groups (broad SMARTS) is 1. The van der Waals surface area contributed by atoms with E-state index in [1.54, 1.807) is 0 Å². The van der Waals surface area contributed by atoms with Crippen LogP contribution in [0.25, 0.3) is 0 Å². The van der Waals surface area contributed by atoms with E-state index < -0.39 is 11.9 Å². The Bertz CT molecular complexity index is 351. The minimum absolute atomic E-state index is 0.255.